The molecule has 2 fully saturated rings. The predicted molar refractivity (Wildman–Crippen MR) is 73.2 cm³/mol. The summed E-state index contributed by atoms with van der Waals surface area (Å²) in [5, 5.41) is 2.39. The maximum Gasteiger partial charge on any atom is 0.325 e. The van der Waals surface area contributed by atoms with Crippen LogP contribution >= 0.6 is 0 Å². The Morgan fingerprint density at radius 2 is 2.05 bits per heavy atom. The normalized spacial score (nSPS) is 20.2. The van der Waals surface area contributed by atoms with Crippen LogP contribution < -0.4 is 10.1 Å². The van der Waals surface area contributed by atoms with Crippen LogP contribution in [0.25, 0.3) is 0 Å². The SMILES string of the molecule is COc1ccc(CN2C(=O)NC(=O)C23CCCC3)cc1F. The highest BCUT2D eigenvalue weighted by molar-refractivity contribution is 6.07. The summed E-state index contributed by atoms with van der Waals surface area (Å²) in [7, 11) is 1.40. The Morgan fingerprint density at radius 1 is 1.33 bits per heavy atom. The fourth-order valence-corrected chi connectivity index (χ4v) is 3.27. The molecule has 6 heteroatoms. The molecule has 0 atom stereocenters. The summed E-state index contributed by atoms with van der Waals surface area (Å²) in [6, 6.07) is 4.19. The van der Waals surface area contributed by atoms with Gasteiger partial charge in [0.1, 0.15) is 5.54 Å². The molecular weight excluding hydrogens is 275 g/mol. The molecule has 3 amide bonds. The number of carbonyl (C=O) groups is 2. The van der Waals surface area contributed by atoms with Gasteiger partial charge in [-0.15, -0.1) is 0 Å². The highest BCUT2D eigenvalue weighted by Crippen LogP contribution is 2.39. The lowest BCUT2D eigenvalue weighted by atomic mass is 9.95. The van der Waals surface area contributed by atoms with Crippen molar-refractivity contribution in [3.63, 3.8) is 0 Å². The van der Waals surface area contributed by atoms with Gasteiger partial charge in [0, 0.05) is 6.54 Å². The maximum absolute atomic E-state index is 13.8. The Labute approximate surface area is 122 Å². The van der Waals surface area contributed by atoms with Crippen molar-refractivity contribution >= 4 is 11.9 Å². The molecule has 1 saturated heterocycles. The summed E-state index contributed by atoms with van der Waals surface area (Å²) in [5.74, 6) is -0.531. The molecule has 5 nitrogen and oxygen atoms in total. The molecule has 3 rings (SSSR count). The van der Waals surface area contributed by atoms with Crippen LogP contribution in [0.4, 0.5) is 9.18 Å². The summed E-state index contributed by atoms with van der Waals surface area (Å²) in [6.07, 6.45) is 3.19. The number of nitrogens with zero attached hydrogens (tertiary/aromatic N) is 1. The quantitative estimate of drug-likeness (QED) is 0.869. The number of ether oxygens (including phenoxy) is 1. The van der Waals surface area contributed by atoms with Crippen molar-refractivity contribution in [2.24, 2.45) is 0 Å². The molecule has 1 N–H and O–H groups in total. The van der Waals surface area contributed by atoms with Crippen LogP contribution in [-0.4, -0.2) is 29.5 Å². The summed E-state index contributed by atoms with van der Waals surface area (Å²) >= 11 is 0. The van der Waals surface area contributed by atoms with Crippen molar-refractivity contribution in [3.8, 4) is 5.75 Å². The van der Waals surface area contributed by atoms with E-state index in [1.54, 1.807) is 11.0 Å². The minimum Gasteiger partial charge on any atom is -0.494 e. The van der Waals surface area contributed by atoms with Gasteiger partial charge in [-0.25, -0.2) is 9.18 Å². The Hall–Kier alpha value is -2.11. The van der Waals surface area contributed by atoms with Crippen LogP contribution in [0.3, 0.4) is 0 Å². The number of hydrogen-bond acceptors (Lipinski definition) is 3. The lowest BCUT2D eigenvalue weighted by Gasteiger charge is -2.31. The van der Waals surface area contributed by atoms with Crippen molar-refractivity contribution in [2.75, 3.05) is 7.11 Å². The third-order valence-electron chi connectivity index (χ3n) is 4.39. The average molecular weight is 292 g/mol. The van der Waals surface area contributed by atoms with Crippen LogP contribution in [0.15, 0.2) is 18.2 Å². The van der Waals surface area contributed by atoms with Gasteiger partial charge in [-0.2, -0.15) is 0 Å². The minimum absolute atomic E-state index is 0.163. The van der Waals surface area contributed by atoms with Crippen molar-refractivity contribution < 1.29 is 18.7 Å². The van der Waals surface area contributed by atoms with Crippen LogP contribution in [0.2, 0.25) is 0 Å². The van der Waals surface area contributed by atoms with Gasteiger partial charge in [-0.3, -0.25) is 10.1 Å². The molecule has 0 radical (unpaired) electrons. The second-order valence-electron chi connectivity index (χ2n) is 5.55. The smallest absolute Gasteiger partial charge is 0.325 e. The van der Waals surface area contributed by atoms with Crippen molar-refractivity contribution in [1.29, 1.82) is 0 Å². The van der Waals surface area contributed by atoms with E-state index < -0.39 is 17.4 Å². The number of imide groups is 1. The first-order valence-electron chi connectivity index (χ1n) is 7.02. The summed E-state index contributed by atoms with van der Waals surface area (Å²) in [5.41, 5.74) is -0.0996. The van der Waals surface area contributed by atoms with E-state index in [-0.39, 0.29) is 18.2 Å². The molecular formula is C15H17FN2O3. The Kier molecular flexibility index (Phi) is 3.31. The van der Waals surface area contributed by atoms with E-state index in [4.69, 9.17) is 4.74 Å². The number of benzene rings is 1. The van der Waals surface area contributed by atoms with E-state index in [2.05, 4.69) is 5.32 Å². The molecule has 2 aliphatic rings. The van der Waals surface area contributed by atoms with Crippen LogP contribution in [0.1, 0.15) is 31.2 Å². The van der Waals surface area contributed by atoms with Crippen LogP contribution in [-0.2, 0) is 11.3 Å². The van der Waals surface area contributed by atoms with E-state index in [1.807, 2.05) is 0 Å². The van der Waals surface area contributed by atoms with Gasteiger partial charge in [0.2, 0.25) is 0 Å². The number of methoxy groups -OCH3 is 1. The fraction of sp³-hybridized carbons (Fsp3) is 0.467. The third kappa shape index (κ3) is 2.14. The largest absolute Gasteiger partial charge is 0.494 e. The predicted octanol–water partition coefficient (Wildman–Crippen LogP) is 2.20. The second kappa shape index (κ2) is 5.02. The summed E-state index contributed by atoms with van der Waals surface area (Å²) in [6.45, 7) is 0.221. The first kappa shape index (κ1) is 13.9. The second-order valence-corrected chi connectivity index (χ2v) is 5.55. The number of urea groups is 1. The van der Waals surface area contributed by atoms with E-state index in [0.29, 0.717) is 18.4 Å². The number of amides is 3. The van der Waals surface area contributed by atoms with Crippen molar-refractivity contribution in [3.05, 3.63) is 29.6 Å². The van der Waals surface area contributed by atoms with E-state index >= 15 is 0 Å². The van der Waals surface area contributed by atoms with Gasteiger partial charge in [0.15, 0.2) is 11.6 Å². The number of carbonyl (C=O) groups excluding carboxylic acids is 2. The molecule has 0 bridgehead atoms. The molecule has 21 heavy (non-hydrogen) atoms. The Balaban J connectivity index is 1.87. The lowest BCUT2D eigenvalue weighted by Crippen LogP contribution is -2.46. The van der Waals surface area contributed by atoms with Gasteiger partial charge in [-0.05, 0) is 30.5 Å². The van der Waals surface area contributed by atoms with Gasteiger partial charge >= 0.3 is 6.03 Å². The zero-order valence-electron chi connectivity index (χ0n) is 11.8. The zero-order valence-corrected chi connectivity index (χ0v) is 11.8. The van der Waals surface area contributed by atoms with Crippen LogP contribution in [0.5, 0.6) is 5.75 Å². The monoisotopic (exact) mass is 292 g/mol. The number of nitrogens with one attached hydrogen (secondary N) is 1. The van der Waals surface area contributed by atoms with E-state index in [1.165, 1.54) is 19.2 Å². The topological polar surface area (TPSA) is 58.6 Å². The molecule has 1 spiro atoms. The molecule has 1 aromatic carbocycles. The highest BCUT2D eigenvalue weighted by Gasteiger charge is 2.53. The molecule has 0 unspecified atom stereocenters. The first-order chi connectivity index (χ1) is 10.1. The third-order valence-corrected chi connectivity index (χ3v) is 4.39. The molecule has 1 heterocycles. The minimum atomic E-state index is -0.743. The number of halogens is 1. The molecule has 112 valence electrons. The van der Waals surface area contributed by atoms with Gasteiger partial charge in [-0.1, -0.05) is 18.9 Å². The molecule has 1 saturated carbocycles. The highest BCUT2D eigenvalue weighted by atomic mass is 19.1. The number of rotatable bonds is 3. The van der Waals surface area contributed by atoms with Crippen molar-refractivity contribution in [2.45, 2.75) is 37.8 Å². The Bertz CT molecular complexity index is 597. The van der Waals surface area contributed by atoms with Gasteiger partial charge in [0.05, 0.1) is 7.11 Å². The molecule has 1 aromatic rings. The molecule has 1 aliphatic heterocycles. The summed E-state index contributed by atoms with van der Waals surface area (Å²) < 4.78 is 18.6. The lowest BCUT2D eigenvalue weighted by molar-refractivity contribution is -0.126. The first-order valence-corrected chi connectivity index (χ1v) is 7.02. The van der Waals surface area contributed by atoms with Crippen molar-refractivity contribution in [1.82, 2.24) is 10.2 Å². The van der Waals surface area contributed by atoms with Crippen LogP contribution in [0, 0.1) is 5.82 Å². The fourth-order valence-electron chi connectivity index (χ4n) is 3.27. The molecule has 1 aliphatic carbocycles. The number of hydrogen-bond donors (Lipinski definition) is 1. The van der Waals surface area contributed by atoms with Gasteiger partial charge in [0.25, 0.3) is 5.91 Å². The summed E-state index contributed by atoms with van der Waals surface area (Å²) in [4.78, 5) is 25.7. The van der Waals surface area contributed by atoms with Gasteiger partial charge < -0.3 is 9.64 Å². The van der Waals surface area contributed by atoms with E-state index in [9.17, 15) is 14.0 Å². The standard InChI is InChI=1S/C15H17FN2O3/c1-21-12-5-4-10(8-11(12)16)9-18-14(20)17-13(19)15(18)6-2-3-7-15/h4-5,8H,2-3,6-7,9H2,1H3,(H,17,19,20). The average Bonchev–Trinajstić information content (AvgIpc) is 3.02. The Morgan fingerprint density at radius 3 is 2.67 bits per heavy atom. The molecule has 0 aromatic heterocycles. The van der Waals surface area contributed by atoms with E-state index in [0.717, 1.165) is 12.8 Å². The zero-order chi connectivity index (χ0) is 15.0. The maximum atomic E-state index is 13.8.